The van der Waals surface area contributed by atoms with Crippen molar-refractivity contribution >= 4 is 17.0 Å². The van der Waals surface area contributed by atoms with Crippen molar-refractivity contribution in [1.29, 1.82) is 0 Å². The van der Waals surface area contributed by atoms with Gasteiger partial charge in [0, 0.05) is 6.54 Å². The molecular weight excluding hydrogens is 360 g/mol. The molecule has 4 rings (SSSR count). The number of rotatable bonds is 6. The van der Waals surface area contributed by atoms with Crippen LogP contribution in [0.3, 0.4) is 0 Å². The van der Waals surface area contributed by atoms with Crippen LogP contribution in [-0.4, -0.2) is 15.5 Å². The van der Waals surface area contributed by atoms with Crippen molar-refractivity contribution in [2.75, 3.05) is 0 Å². The number of hydrogen-bond acceptors (Lipinski definition) is 3. The Labute approximate surface area is 172 Å². The Balaban J connectivity index is 1.54. The van der Waals surface area contributed by atoms with Crippen molar-refractivity contribution < 1.29 is 9.53 Å². The molecule has 0 unspecified atom stereocenters. The summed E-state index contributed by atoms with van der Waals surface area (Å²) in [4.78, 5) is 18.0. The molecule has 0 radical (unpaired) electrons. The summed E-state index contributed by atoms with van der Waals surface area (Å²) < 4.78 is 8.06. The number of carbonyl (C=O) groups is 1. The van der Waals surface area contributed by atoms with E-state index in [9.17, 15) is 4.79 Å². The summed E-state index contributed by atoms with van der Waals surface area (Å²) in [6.07, 6.45) is 5.96. The lowest BCUT2D eigenvalue weighted by Gasteiger charge is -2.35. The second kappa shape index (κ2) is 8.40. The highest BCUT2D eigenvalue weighted by Crippen LogP contribution is 2.40. The van der Waals surface area contributed by atoms with E-state index >= 15 is 0 Å². The van der Waals surface area contributed by atoms with Gasteiger partial charge < -0.3 is 9.30 Å². The van der Waals surface area contributed by atoms with E-state index in [2.05, 4.69) is 48.7 Å². The number of hydrogen-bond donors (Lipinski definition) is 0. The summed E-state index contributed by atoms with van der Waals surface area (Å²) in [6.45, 7) is 5.24. The smallest absolute Gasteiger partial charge is 0.312 e. The fraction of sp³-hybridized carbons (Fsp3) is 0.440. The zero-order chi connectivity index (χ0) is 20.3. The summed E-state index contributed by atoms with van der Waals surface area (Å²) in [7, 11) is 0. The van der Waals surface area contributed by atoms with Gasteiger partial charge >= 0.3 is 5.97 Å². The Morgan fingerprint density at radius 2 is 1.90 bits per heavy atom. The summed E-state index contributed by atoms with van der Waals surface area (Å²) in [6, 6.07) is 16.6. The third kappa shape index (κ3) is 4.07. The van der Waals surface area contributed by atoms with Crippen molar-refractivity contribution in [2.24, 2.45) is 5.41 Å². The van der Waals surface area contributed by atoms with Crippen molar-refractivity contribution in [3.05, 3.63) is 65.5 Å². The maximum absolute atomic E-state index is 13.3. The highest BCUT2D eigenvalue weighted by molar-refractivity contribution is 5.78. The lowest BCUT2D eigenvalue weighted by Crippen LogP contribution is -2.37. The number of nitrogens with zero attached hydrogens (tertiary/aromatic N) is 2. The molecule has 0 saturated heterocycles. The second-order valence-electron chi connectivity index (χ2n) is 8.34. The van der Waals surface area contributed by atoms with Gasteiger partial charge in [0.05, 0.1) is 16.4 Å². The Morgan fingerprint density at radius 1 is 1.10 bits per heavy atom. The molecule has 1 saturated carbocycles. The summed E-state index contributed by atoms with van der Waals surface area (Å²) in [5.74, 6) is 0.761. The van der Waals surface area contributed by atoms with Crippen LogP contribution in [0.4, 0.5) is 0 Å². The van der Waals surface area contributed by atoms with Gasteiger partial charge in [-0.2, -0.15) is 0 Å². The van der Waals surface area contributed by atoms with Gasteiger partial charge in [0.2, 0.25) is 0 Å². The monoisotopic (exact) mass is 390 g/mol. The third-order valence-electron chi connectivity index (χ3n) is 6.25. The topological polar surface area (TPSA) is 44.1 Å². The SMILES string of the molecule is CCn1c(COC(=O)C2(Cc3cccc(C)c3)CCCCC2)nc2ccccc21. The van der Waals surface area contributed by atoms with E-state index in [-0.39, 0.29) is 12.6 Å². The molecule has 0 bridgehead atoms. The zero-order valence-electron chi connectivity index (χ0n) is 17.5. The summed E-state index contributed by atoms with van der Waals surface area (Å²) in [5, 5.41) is 0. The first-order valence-electron chi connectivity index (χ1n) is 10.8. The molecule has 1 aliphatic rings. The number of fused-ring (bicyclic) bond motifs is 1. The molecular formula is C25H30N2O2. The first-order chi connectivity index (χ1) is 14.1. The normalized spacial score (nSPS) is 16.1. The molecule has 0 spiro atoms. The van der Waals surface area contributed by atoms with Crippen molar-refractivity contribution in [1.82, 2.24) is 9.55 Å². The van der Waals surface area contributed by atoms with Crippen LogP contribution in [0.25, 0.3) is 11.0 Å². The van der Waals surface area contributed by atoms with Gasteiger partial charge in [0.25, 0.3) is 0 Å². The highest BCUT2D eigenvalue weighted by atomic mass is 16.5. The van der Waals surface area contributed by atoms with Crippen LogP contribution < -0.4 is 0 Å². The van der Waals surface area contributed by atoms with Crippen molar-refractivity contribution in [3.63, 3.8) is 0 Å². The fourth-order valence-corrected chi connectivity index (χ4v) is 4.77. The predicted molar refractivity (Wildman–Crippen MR) is 116 cm³/mol. The first-order valence-corrected chi connectivity index (χ1v) is 10.8. The molecule has 0 N–H and O–H groups in total. The average Bonchev–Trinajstić information content (AvgIpc) is 3.10. The maximum atomic E-state index is 13.3. The van der Waals surface area contributed by atoms with Crippen LogP contribution in [0, 0.1) is 12.3 Å². The van der Waals surface area contributed by atoms with E-state index in [1.54, 1.807) is 0 Å². The van der Waals surface area contributed by atoms with Gasteiger partial charge in [-0.15, -0.1) is 0 Å². The van der Waals surface area contributed by atoms with Gasteiger partial charge in [-0.3, -0.25) is 4.79 Å². The number of benzene rings is 2. The molecule has 1 aromatic heterocycles. The van der Waals surface area contributed by atoms with Crippen LogP contribution in [0.2, 0.25) is 0 Å². The van der Waals surface area contributed by atoms with Gasteiger partial charge in [0.15, 0.2) is 0 Å². The van der Waals surface area contributed by atoms with Gasteiger partial charge in [-0.25, -0.2) is 4.98 Å². The summed E-state index contributed by atoms with van der Waals surface area (Å²) in [5.41, 5.74) is 4.10. The summed E-state index contributed by atoms with van der Waals surface area (Å²) >= 11 is 0. The Morgan fingerprint density at radius 3 is 2.66 bits per heavy atom. The fourth-order valence-electron chi connectivity index (χ4n) is 4.77. The average molecular weight is 391 g/mol. The predicted octanol–water partition coefficient (Wildman–Crippen LogP) is 5.60. The highest BCUT2D eigenvalue weighted by Gasteiger charge is 2.41. The Bertz CT molecular complexity index is 999. The third-order valence-corrected chi connectivity index (χ3v) is 6.25. The van der Waals surface area contributed by atoms with E-state index in [0.29, 0.717) is 0 Å². The number of esters is 1. The molecule has 1 fully saturated rings. The molecule has 0 atom stereocenters. The number of imidazole rings is 1. The molecule has 4 heteroatoms. The van der Waals surface area contributed by atoms with E-state index in [0.717, 1.165) is 55.5 Å². The number of aryl methyl sites for hydroxylation is 2. The number of ether oxygens (including phenoxy) is 1. The second-order valence-corrected chi connectivity index (χ2v) is 8.34. The first kappa shape index (κ1) is 19.7. The molecule has 2 aromatic carbocycles. The number of aromatic nitrogens is 2. The van der Waals surface area contributed by atoms with Gasteiger partial charge in [0.1, 0.15) is 12.4 Å². The largest absolute Gasteiger partial charge is 0.457 e. The minimum atomic E-state index is -0.408. The van der Waals surface area contributed by atoms with E-state index in [4.69, 9.17) is 9.72 Å². The molecule has 152 valence electrons. The minimum Gasteiger partial charge on any atom is -0.457 e. The van der Waals surface area contributed by atoms with E-state index in [1.165, 1.54) is 17.5 Å². The Kier molecular flexibility index (Phi) is 5.70. The minimum absolute atomic E-state index is 0.0617. The molecule has 1 heterocycles. The lowest BCUT2D eigenvalue weighted by molar-refractivity contribution is -0.160. The van der Waals surface area contributed by atoms with Crippen molar-refractivity contribution in [2.45, 2.75) is 65.5 Å². The molecule has 0 amide bonds. The molecule has 3 aromatic rings. The standard InChI is InChI=1S/C25H30N2O2/c1-3-27-22-13-6-5-12-21(22)26-23(27)18-29-24(28)25(14-7-4-8-15-25)17-20-11-9-10-19(2)16-20/h5-6,9-13,16H,3-4,7-8,14-15,17-18H2,1-2H3. The number of carbonyl (C=O) groups excluding carboxylic acids is 1. The Hall–Kier alpha value is -2.62. The molecule has 1 aliphatic carbocycles. The van der Waals surface area contributed by atoms with Crippen LogP contribution >= 0.6 is 0 Å². The molecule has 4 nitrogen and oxygen atoms in total. The molecule has 0 aliphatic heterocycles. The van der Waals surface area contributed by atoms with E-state index < -0.39 is 5.41 Å². The van der Waals surface area contributed by atoms with Crippen LogP contribution in [0.1, 0.15) is 56.0 Å². The van der Waals surface area contributed by atoms with Crippen LogP contribution in [0.5, 0.6) is 0 Å². The van der Waals surface area contributed by atoms with Gasteiger partial charge in [-0.1, -0.05) is 61.2 Å². The zero-order valence-corrected chi connectivity index (χ0v) is 17.5. The molecule has 29 heavy (non-hydrogen) atoms. The van der Waals surface area contributed by atoms with Crippen LogP contribution in [0.15, 0.2) is 48.5 Å². The lowest BCUT2D eigenvalue weighted by atomic mass is 9.70. The van der Waals surface area contributed by atoms with Gasteiger partial charge in [-0.05, 0) is 50.8 Å². The maximum Gasteiger partial charge on any atom is 0.312 e. The van der Waals surface area contributed by atoms with Crippen LogP contribution in [-0.2, 0) is 29.1 Å². The van der Waals surface area contributed by atoms with Crippen molar-refractivity contribution in [3.8, 4) is 0 Å². The number of para-hydroxylation sites is 2. The van der Waals surface area contributed by atoms with E-state index in [1.807, 2.05) is 18.2 Å². The quantitative estimate of drug-likeness (QED) is 0.515.